The summed E-state index contributed by atoms with van der Waals surface area (Å²) in [5.41, 5.74) is 1.38. The molecular weight excluding hydrogens is 414 g/mol. The second-order valence-corrected chi connectivity index (χ2v) is 9.62. The number of rotatable bonds is 5. The largest absolute Gasteiger partial charge is 0.493 e. The first kappa shape index (κ1) is 21.5. The van der Waals surface area contributed by atoms with Gasteiger partial charge in [0.15, 0.2) is 21.3 Å². The van der Waals surface area contributed by atoms with Crippen LogP contribution in [-0.2, 0) is 21.1 Å². The van der Waals surface area contributed by atoms with Crippen molar-refractivity contribution in [2.75, 3.05) is 33.1 Å². The third-order valence-electron chi connectivity index (χ3n) is 5.15. The SMILES string of the molecule is COc1ccc(CC(=O)N2CCC(c3ccccc3Cl)S(=O)(=O)CC2)cc1OC. The van der Waals surface area contributed by atoms with Crippen LogP contribution >= 0.6 is 11.6 Å². The lowest BCUT2D eigenvalue weighted by molar-refractivity contribution is -0.130. The minimum atomic E-state index is -3.41. The summed E-state index contributed by atoms with van der Waals surface area (Å²) in [6.45, 7) is 0.538. The van der Waals surface area contributed by atoms with Gasteiger partial charge in [0.25, 0.3) is 0 Å². The van der Waals surface area contributed by atoms with Gasteiger partial charge in [0.1, 0.15) is 0 Å². The summed E-state index contributed by atoms with van der Waals surface area (Å²) in [5.74, 6) is 0.940. The Morgan fingerprint density at radius 1 is 1.10 bits per heavy atom. The first-order chi connectivity index (χ1) is 13.9. The first-order valence-corrected chi connectivity index (χ1v) is 11.4. The Morgan fingerprint density at radius 2 is 1.83 bits per heavy atom. The zero-order chi connectivity index (χ0) is 21.0. The molecule has 0 saturated carbocycles. The number of halogens is 1. The highest BCUT2D eigenvalue weighted by Crippen LogP contribution is 2.34. The van der Waals surface area contributed by atoms with E-state index in [-0.39, 0.29) is 24.6 Å². The van der Waals surface area contributed by atoms with E-state index in [1.807, 2.05) is 0 Å². The van der Waals surface area contributed by atoms with E-state index in [4.69, 9.17) is 21.1 Å². The molecule has 1 fully saturated rings. The molecule has 1 unspecified atom stereocenters. The molecule has 1 amide bonds. The Bertz CT molecular complexity index is 992. The highest BCUT2D eigenvalue weighted by Gasteiger charge is 2.33. The molecule has 1 atom stereocenters. The monoisotopic (exact) mass is 437 g/mol. The molecule has 0 aliphatic carbocycles. The quantitative estimate of drug-likeness (QED) is 0.717. The summed E-state index contributed by atoms with van der Waals surface area (Å²) in [5, 5.41) is -0.263. The zero-order valence-corrected chi connectivity index (χ0v) is 18.0. The molecule has 156 valence electrons. The van der Waals surface area contributed by atoms with Crippen molar-refractivity contribution in [3.63, 3.8) is 0 Å². The molecule has 2 aromatic carbocycles. The molecule has 0 spiro atoms. The van der Waals surface area contributed by atoms with E-state index in [2.05, 4.69) is 0 Å². The van der Waals surface area contributed by atoms with Crippen molar-refractivity contribution in [1.82, 2.24) is 4.90 Å². The van der Waals surface area contributed by atoms with Crippen molar-refractivity contribution in [2.24, 2.45) is 0 Å². The van der Waals surface area contributed by atoms with Crippen LogP contribution in [0.5, 0.6) is 11.5 Å². The molecule has 1 heterocycles. The van der Waals surface area contributed by atoms with Gasteiger partial charge in [-0.2, -0.15) is 0 Å². The van der Waals surface area contributed by atoms with Crippen LogP contribution in [0, 0.1) is 0 Å². The minimum absolute atomic E-state index is 0.0828. The normalized spacial score (nSPS) is 18.7. The Morgan fingerprint density at radius 3 is 2.52 bits per heavy atom. The lowest BCUT2D eigenvalue weighted by atomic mass is 10.1. The fourth-order valence-electron chi connectivity index (χ4n) is 3.56. The number of amides is 1. The summed E-state index contributed by atoms with van der Waals surface area (Å²) < 4.78 is 36.1. The molecule has 0 bridgehead atoms. The van der Waals surface area contributed by atoms with Crippen LogP contribution in [0.1, 0.15) is 22.8 Å². The molecule has 0 N–H and O–H groups in total. The van der Waals surface area contributed by atoms with E-state index >= 15 is 0 Å². The van der Waals surface area contributed by atoms with E-state index in [1.54, 1.807) is 54.5 Å². The molecule has 1 saturated heterocycles. The number of ether oxygens (including phenoxy) is 2. The third-order valence-corrected chi connectivity index (χ3v) is 7.60. The predicted octanol–water partition coefficient (Wildman–Crippen LogP) is 3.29. The summed E-state index contributed by atoms with van der Waals surface area (Å²) in [7, 11) is -0.318. The lowest BCUT2D eigenvalue weighted by Gasteiger charge is -2.20. The van der Waals surface area contributed by atoms with Crippen molar-refractivity contribution >= 4 is 27.3 Å². The molecule has 0 aromatic heterocycles. The van der Waals surface area contributed by atoms with Gasteiger partial charge < -0.3 is 14.4 Å². The number of benzene rings is 2. The number of methoxy groups -OCH3 is 2. The zero-order valence-electron chi connectivity index (χ0n) is 16.4. The smallest absolute Gasteiger partial charge is 0.227 e. The Hall–Kier alpha value is -2.25. The molecule has 0 radical (unpaired) electrons. The summed E-state index contributed by atoms with van der Waals surface area (Å²) in [6, 6.07) is 12.3. The Kier molecular flexibility index (Phi) is 6.70. The number of nitrogens with zero attached hydrogens (tertiary/aromatic N) is 1. The maximum atomic E-state index is 12.8. The maximum Gasteiger partial charge on any atom is 0.227 e. The Balaban J connectivity index is 1.75. The van der Waals surface area contributed by atoms with Gasteiger partial charge in [-0.15, -0.1) is 0 Å². The highest BCUT2D eigenvalue weighted by atomic mass is 35.5. The molecule has 29 heavy (non-hydrogen) atoms. The lowest BCUT2D eigenvalue weighted by Crippen LogP contribution is -2.34. The molecule has 1 aliphatic heterocycles. The van der Waals surface area contributed by atoms with Crippen molar-refractivity contribution in [3.8, 4) is 11.5 Å². The maximum absolute atomic E-state index is 12.8. The van der Waals surface area contributed by atoms with Crippen molar-refractivity contribution in [2.45, 2.75) is 18.1 Å². The van der Waals surface area contributed by atoms with Gasteiger partial charge in [-0.25, -0.2) is 8.42 Å². The second kappa shape index (κ2) is 9.05. The fraction of sp³-hybridized carbons (Fsp3) is 0.381. The number of sulfone groups is 1. The van der Waals surface area contributed by atoms with Crippen LogP contribution in [0.25, 0.3) is 0 Å². The predicted molar refractivity (Wildman–Crippen MR) is 112 cm³/mol. The first-order valence-electron chi connectivity index (χ1n) is 9.30. The highest BCUT2D eigenvalue weighted by molar-refractivity contribution is 7.91. The number of hydrogen-bond donors (Lipinski definition) is 0. The van der Waals surface area contributed by atoms with Crippen LogP contribution in [0.2, 0.25) is 5.02 Å². The molecular formula is C21H24ClNO5S. The van der Waals surface area contributed by atoms with Crippen LogP contribution in [0.4, 0.5) is 0 Å². The van der Waals surface area contributed by atoms with Gasteiger partial charge in [0.2, 0.25) is 5.91 Å². The molecule has 6 nitrogen and oxygen atoms in total. The molecule has 2 aromatic rings. The van der Waals surface area contributed by atoms with Gasteiger partial charge >= 0.3 is 0 Å². The summed E-state index contributed by atoms with van der Waals surface area (Å²) in [6.07, 6.45) is 0.487. The third kappa shape index (κ3) is 4.85. The van der Waals surface area contributed by atoms with Crippen molar-refractivity contribution < 1.29 is 22.7 Å². The average molecular weight is 438 g/mol. The van der Waals surface area contributed by atoms with Crippen molar-refractivity contribution in [3.05, 3.63) is 58.6 Å². The Labute approximate surface area is 176 Å². The minimum Gasteiger partial charge on any atom is -0.493 e. The fourth-order valence-corrected chi connectivity index (χ4v) is 5.70. The topological polar surface area (TPSA) is 72.9 Å². The van der Waals surface area contributed by atoms with E-state index in [0.29, 0.717) is 35.1 Å². The van der Waals surface area contributed by atoms with Crippen LogP contribution in [-0.4, -0.2) is 52.3 Å². The number of carbonyl (C=O) groups is 1. The molecule has 3 rings (SSSR count). The molecule has 8 heteroatoms. The van der Waals surface area contributed by atoms with Crippen molar-refractivity contribution in [1.29, 1.82) is 0 Å². The summed E-state index contributed by atoms with van der Waals surface area (Å²) >= 11 is 6.23. The van der Waals surface area contributed by atoms with Gasteiger partial charge in [0.05, 0.1) is 31.6 Å². The average Bonchev–Trinajstić information content (AvgIpc) is 2.86. The van der Waals surface area contributed by atoms with Gasteiger partial charge in [-0.3, -0.25) is 4.79 Å². The van der Waals surface area contributed by atoms with Crippen LogP contribution in [0.15, 0.2) is 42.5 Å². The second-order valence-electron chi connectivity index (χ2n) is 6.91. The summed E-state index contributed by atoms with van der Waals surface area (Å²) in [4.78, 5) is 14.4. The number of carbonyl (C=O) groups excluding carboxylic acids is 1. The van der Waals surface area contributed by atoms with Gasteiger partial charge in [0, 0.05) is 18.1 Å². The van der Waals surface area contributed by atoms with E-state index in [9.17, 15) is 13.2 Å². The standard InChI is InChI=1S/C21H24ClNO5S/c1-27-18-8-7-15(13-19(18)28-2)14-21(24)23-10-9-20(29(25,26)12-11-23)16-5-3-4-6-17(16)22/h3-8,13,20H,9-12,14H2,1-2H3. The van der Waals surface area contributed by atoms with Crippen LogP contribution in [0.3, 0.4) is 0 Å². The van der Waals surface area contributed by atoms with E-state index in [1.165, 1.54) is 7.11 Å². The van der Waals surface area contributed by atoms with Crippen LogP contribution < -0.4 is 9.47 Å². The molecule has 1 aliphatic rings. The van der Waals surface area contributed by atoms with Gasteiger partial charge in [-0.05, 0) is 35.7 Å². The number of hydrogen-bond acceptors (Lipinski definition) is 5. The van der Waals surface area contributed by atoms with E-state index < -0.39 is 15.1 Å². The van der Waals surface area contributed by atoms with E-state index in [0.717, 1.165) is 5.56 Å². The van der Waals surface area contributed by atoms with Gasteiger partial charge in [-0.1, -0.05) is 35.9 Å².